The summed E-state index contributed by atoms with van der Waals surface area (Å²) in [7, 11) is 0. The van der Waals surface area contributed by atoms with E-state index in [0.29, 0.717) is 17.9 Å². The van der Waals surface area contributed by atoms with Gasteiger partial charge in [0, 0.05) is 0 Å². The summed E-state index contributed by atoms with van der Waals surface area (Å²) in [5.41, 5.74) is 5.39. The Morgan fingerprint density at radius 3 is 2.40 bits per heavy atom. The van der Waals surface area contributed by atoms with Gasteiger partial charge in [-0.05, 0) is 37.6 Å². The van der Waals surface area contributed by atoms with E-state index >= 15 is 0 Å². The monoisotopic (exact) mass is 279 g/mol. The molecule has 110 valence electrons. The molecule has 2 N–H and O–H groups in total. The van der Waals surface area contributed by atoms with Crippen LogP contribution in [0.15, 0.2) is 24.3 Å². The number of primary amides is 1. The van der Waals surface area contributed by atoms with Crippen LogP contribution in [-0.4, -0.2) is 24.6 Å². The van der Waals surface area contributed by atoms with Gasteiger partial charge in [-0.3, -0.25) is 4.79 Å². The van der Waals surface area contributed by atoms with E-state index in [9.17, 15) is 9.59 Å². The molecule has 20 heavy (non-hydrogen) atoms. The molecule has 0 aromatic heterocycles. The van der Waals surface area contributed by atoms with Crippen molar-refractivity contribution in [3.63, 3.8) is 0 Å². The molecule has 5 nitrogen and oxygen atoms in total. The van der Waals surface area contributed by atoms with E-state index in [0.717, 1.165) is 19.3 Å². The highest BCUT2D eigenvalue weighted by Gasteiger charge is 2.15. The normalized spacial score (nSPS) is 11.7. The molecule has 0 spiro atoms. The predicted octanol–water partition coefficient (Wildman–Crippen LogP) is 2.29. The second kappa shape index (κ2) is 8.19. The Hall–Kier alpha value is -2.04. The van der Waals surface area contributed by atoms with Crippen molar-refractivity contribution in [2.24, 2.45) is 5.73 Å². The Bertz CT molecular complexity index is 442. The molecule has 0 aliphatic rings. The molecule has 1 rings (SSSR count). The van der Waals surface area contributed by atoms with Crippen LogP contribution >= 0.6 is 0 Å². The average Bonchev–Trinajstić information content (AvgIpc) is 2.44. The third-order valence-electron chi connectivity index (χ3n) is 2.79. The number of carbonyl (C=O) groups is 2. The van der Waals surface area contributed by atoms with Crippen LogP contribution in [0.1, 0.15) is 43.5 Å². The number of hydrogen-bond donors (Lipinski definition) is 1. The molecule has 0 aliphatic carbocycles. The minimum absolute atomic E-state index is 0.360. The van der Waals surface area contributed by atoms with E-state index in [-0.39, 0.29) is 0 Å². The highest BCUT2D eigenvalue weighted by molar-refractivity contribution is 5.92. The van der Waals surface area contributed by atoms with Crippen LogP contribution in [-0.2, 0) is 9.53 Å². The molecule has 0 heterocycles. The summed E-state index contributed by atoms with van der Waals surface area (Å²) >= 11 is 0. The van der Waals surface area contributed by atoms with Gasteiger partial charge in [0.05, 0.1) is 12.2 Å². The molecular formula is C15H21NO4. The maximum atomic E-state index is 11.7. The van der Waals surface area contributed by atoms with Crippen molar-refractivity contribution in [1.29, 1.82) is 0 Å². The standard InChI is InChI=1S/C15H21NO4/c1-3-4-5-10-19-13-8-6-12(7-9-13)15(18)20-11(2)14(16)17/h6-9,11H,3-5,10H2,1-2H3,(H2,16,17)/t11-/m0/s1. The molecule has 1 atom stereocenters. The number of benzene rings is 1. The van der Waals surface area contributed by atoms with Gasteiger partial charge in [-0.25, -0.2) is 4.79 Å². The van der Waals surface area contributed by atoms with E-state index in [4.69, 9.17) is 15.2 Å². The Morgan fingerprint density at radius 2 is 1.85 bits per heavy atom. The average molecular weight is 279 g/mol. The molecule has 0 bridgehead atoms. The van der Waals surface area contributed by atoms with Crippen LogP contribution in [0.2, 0.25) is 0 Å². The van der Waals surface area contributed by atoms with Gasteiger partial charge < -0.3 is 15.2 Å². The summed E-state index contributed by atoms with van der Waals surface area (Å²) in [4.78, 5) is 22.5. The first-order chi connectivity index (χ1) is 9.54. The molecule has 1 aromatic carbocycles. The van der Waals surface area contributed by atoms with E-state index in [2.05, 4.69) is 6.92 Å². The maximum Gasteiger partial charge on any atom is 0.338 e. The quantitative estimate of drug-likeness (QED) is 0.585. The van der Waals surface area contributed by atoms with Crippen LogP contribution in [0.25, 0.3) is 0 Å². The third-order valence-corrected chi connectivity index (χ3v) is 2.79. The number of hydrogen-bond acceptors (Lipinski definition) is 4. The molecule has 0 saturated heterocycles. The fourth-order valence-corrected chi connectivity index (χ4v) is 1.52. The summed E-state index contributed by atoms with van der Waals surface area (Å²) in [6.45, 7) is 4.23. The minimum atomic E-state index is -0.938. The van der Waals surface area contributed by atoms with Gasteiger partial charge in [0.1, 0.15) is 5.75 Å². The lowest BCUT2D eigenvalue weighted by Gasteiger charge is -2.10. The van der Waals surface area contributed by atoms with Gasteiger partial charge in [0.2, 0.25) is 0 Å². The minimum Gasteiger partial charge on any atom is -0.494 e. The van der Waals surface area contributed by atoms with E-state index < -0.39 is 18.0 Å². The number of ether oxygens (including phenoxy) is 2. The summed E-state index contributed by atoms with van der Waals surface area (Å²) in [6, 6.07) is 6.62. The number of esters is 1. The molecule has 0 radical (unpaired) electrons. The number of rotatable bonds is 8. The first-order valence-electron chi connectivity index (χ1n) is 6.77. The Labute approximate surface area is 119 Å². The zero-order valence-electron chi connectivity index (χ0n) is 11.9. The first-order valence-corrected chi connectivity index (χ1v) is 6.77. The van der Waals surface area contributed by atoms with Crippen molar-refractivity contribution in [3.8, 4) is 5.75 Å². The van der Waals surface area contributed by atoms with Crippen molar-refractivity contribution >= 4 is 11.9 Å². The zero-order valence-corrected chi connectivity index (χ0v) is 11.9. The smallest absolute Gasteiger partial charge is 0.338 e. The van der Waals surface area contributed by atoms with Crippen LogP contribution in [0, 0.1) is 0 Å². The van der Waals surface area contributed by atoms with Gasteiger partial charge >= 0.3 is 5.97 Å². The Morgan fingerprint density at radius 1 is 1.20 bits per heavy atom. The Balaban J connectivity index is 2.49. The van der Waals surface area contributed by atoms with Crippen LogP contribution in [0.5, 0.6) is 5.75 Å². The molecule has 0 aliphatic heterocycles. The van der Waals surface area contributed by atoms with Gasteiger partial charge in [-0.2, -0.15) is 0 Å². The topological polar surface area (TPSA) is 78.6 Å². The number of amides is 1. The molecule has 0 unspecified atom stereocenters. The number of carbonyl (C=O) groups excluding carboxylic acids is 2. The van der Waals surface area contributed by atoms with Gasteiger partial charge in [0.15, 0.2) is 6.10 Å². The van der Waals surface area contributed by atoms with Gasteiger partial charge in [-0.15, -0.1) is 0 Å². The van der Waals surface area contributed by atoms with E-state index in [1.807, 2.05) is 0 Å². The fraction of sp³-hybridized carbons (Fsp3) is 0.467. The van der Waals surface area contributed by atoms with E-state index in [1.165, 1.54) is 6.92 Å². The summed E-state index contributed by atoms with van der Waals surface area (Å²) in [6.07, 6.45) is 2.35. The number of unbranched alkanes of at least 4 members (excludes halogenated alkanes) is 2. The van der Waals surface area contributed by atoms with E-state index in [1.54, 1.807) is 24.3 Å². The van der Waals surface area contributed by atoms with Crippen molar-refractivity contribution < 1.29 is 19.1 Å². The predicted molar refractivity (Wildman–Crippen MR) is 75.5 cm³/mol. The largest absolute Gasteiger partial charge is 0.494 e. The van der Waals surface area contributed by atoms with Crippen LogP contribution < -0.4 is 10.5 Å². The van der Waals surface area contributed by atoms with Crippen molar-refractivity contribution in [2.75, 3.05) is 6.61 Å². The maximum absolute atomic E-state index is 11.7. The first kappa shape index (κ1) is 16.0. The van der Waals surface area contributed by atoms with Crippen LogP contribution in [0.3, 0.4) is 0 Å². The third kappa shape index (κ3) is 5.30. The summed E-state index contributed by atoms with van der Waals surface area (Å²) in [5, 5.41) is 0. The molecule has 1 aromatic rings. The van der Waals surface area contributed by atoms with Gasteiger partial charge in [0.25, 0.3) is 5.91 Å². The van der Waals surface area contributed by atoms with Crippen molar-refractivity contribution in [1.82, 2.24) is 0 Å². The molecule has 5 heteroatoms. The molecular weight excluding hydrogens is 258 g/mol. The van der Waals surface area contributed by atoms with Crippen LogP contribution in [0.4, 0.5) is 0 Å². The lowest BCUT2D eigenvalue weighted by molar-refractivity contribution is -0.125. The number of nitrogens with two attached hydrogens (primary N) is 1. The second-order valence-electron chi connectivity index (χ2n) is 4.53. The lowest BCUT2D eigenvalue weighted by atomic mass is 10.2. The summed E-state index contributed by atoms with van der Waals surface area (Å²) < 4.78 is 10.4. The van der Waals surface area contributed by atoms with Gasteiger partial charge in [-0.1, -0.05) is 19.8 Å². The molecule has 1 amide bonds. The highest BCUT2D eigenvalue weighted by atomic mass is 16.5. The molecule has 0 saturated carbocycles. The highest BCUT2D eigenvalue weighted by Crippen LogP contribution is 2.14. The lowest BCUT2D eigenvalue weighted by Crippen LogP contribution is -2.30. The fourth-order valence-electron chi connectivity index (χ4n) is 1.52. The van der Waals surface area contributed by atoms with Crippen molar-refractivity contribution in [2.45, 2.75) is 39.2 Å². The summed E-state index contributed by atoms with van der Waals surface area (Å²) in [5.74, 6) is -0.538. The second-order valence-corrected chi connectivity index (χ2v) is 4.53. The zero-order chi connectivity index (χ0) is 15.0. The molecule has 0 fully saturated rings. The Kier molecular flexibility index (Phi) is 6.56. The van der Waals surface area contributed by atoms with Crippen molar-refractivity contribution in [3.05, 3.63) is 29.8 Å². The SMILES string of the molecule is CCCCCOc1ccc(C(=O)O[C@@H](C)C(N)=O)cc1.